The SMILES string of the molecule is CCC1CCCN(CC(=O)c2ccc(OC)cc2)CC1. The van der Waals surface area contributed by atoms with Crippen molar-refractivity contribution in [2.24, 2.45) is 5.92 Å². The van der Waals surface area contributed by atoms with Crippen LogP contribution in [0.4, 0.5) is 0 Å². The fourth-order valence-electron chi connectivity index (χ4n) is 2.86. The molecule has 1 aromatic rings. The minimum Gasteiger partial charge on any atom is -0.497 e. The first kappa shape index (κ1) is 15.0. The second-order valence-corrected chi connectivity index (χ2v) is 5.63. The van der Waals surface area contributed by atoms with Crippen molar-refractivity contribution in [3.05, 3.63) is 29.8 Å². The van der Waals surface area contributed by atoms with E-state index in [0.29, 0.717) is 6.54 Å². The number of ether oxygens (including phenoxy) is 1. The van der Waals surface area contributed by atoms with Crippen LogP contribution in [0, 0.1) is 5.92 Å². The molecule has 0 aromatic heterocycles. The predicted molar refractivity (Wildman–Crippen MR) is 81.4 cm³/mol. The molecule has 0 spiro atoms. The van der Waals surface area contributed by atoms with Gasteiger partial charge in [0.05, 0.1) is 13.7 Å². The molecule has 3 nitrogen and oxygen atoms in total. The van der Waals surface area contributed by atoms with Crippen molar-refractivity contribution in [1.29, 1.82) is 0 Å². The molecule has 110 valence electrons. The van der Waals surface area contributed by atoms with Gasteiger partial charge >= 0.3 is 0 Å². The van der Waals surface area contributed by atoms with Crippen LogP contribution in [0.1, 0.15) is 43.0 Å². The third-order valence-corrected chi connectivity index (χ3v) is 4.30. The molecule has 0 amide bonds. The van der Waals surface area contributed by atoms with E-state index in [1.54, 1.807) is 7.11 Å². The van der Waals surface area contributed by atoms with E-state index in [0.717, 1.165) is 30.3 Å². The first-order valence-corrected chi connectivity index (χ1v) is 7.62. The van der Waals surface area contributed by atoms with Crippen molar-refractivity contribution < 1.29 is 9.53 Å². The minimum atomic E-state index is 0.211. The molecule has 3 heteroatoms. The van der Waals surface area contributed by atoms with Gasteiger partial charge in [0, 0.05) is 5.56 Å². The number of nitrogens with zero attached hydrogens (tertiary/aromatic N) is 1. The third-order valence-electron chi connectivity index (χ3n) is 4.30. The molecule has 0 aliphatic carbocycles. The molecule has 1 atom stereocenters. The van der Waals surface area contributed by atoms with Crippen LogP contribution in [-0.4, -0.2) is 37.4 Å². The van der Waals surface area contributed by atoms with Crippen molar-refractivity contribution in [3.8, 4) is 5.75 Å². The van der Waals surface area contributed by atoms with Gasteiger partial charge in [-0.05, 0) is 62.5 Å². The maximum Gasteiger partial charge on any atom is 0.176 e. The van der Waals surface area contributed by atoms with Gasteiger partial charge in [-0.25, -0.2) is 0 Å². The summed E-state index contributed by atoms with van der Waals surface area (Å²) in [7, 11) is 1.64. The molecule has 2 rings (SSSR count). The minimum absolute atomic E-state index is 0.211. The van der Waals surface area contributed by atoms with Gasteiger partial charge in [0.25, 0.3) is 0 Å². The number of ketones is 1. The predicted octanol–water partition coefficient (Wildman–Crippen LogP) is 3.39. The zero-order valence-corrected chi connectivity index (χ0v) is 12.6. The summed E-state index contributed by atoms with van der Waals surface area (Å²) >= 11 is 0. The molecule has 1 aliphatic rings. The molecule has 1 aliphatic heterocycles. The highest BCUT2D eigenvalue weighted by atomic mass is 16.5. The molecule has 1 aromatic carbocycles. The molecule has 0 bridgehead atoms. The van der Waals surface area contributed by atoms with Crippen LogP contribution >= 0.6 is 0 Å². The highest BCUT2D eigenvalue weighted by molar-refractivity contribution is 5.97. The number of likely N-dealkylation sites (tertiary alicyclic amines) is 1. The molecule has 20 heavy (non-hydrogen) atoms. The monoisotopic (exact) mass is 275 g/mol. The Morgan fingerprint density at radius 1 is 1.25 bits per heavy atom. The van der Waals surface area contributed by atoms with Gasteiger partial charge in [0.15, 0.2) is 5.78 Å². The van der Waals surface area contributed by atoms with Gasteiger partial charge in [-0.2, -0.15) is 0 Å². The fraction of sp³-hybridized carbons (Fsp3) is 0.588. The number of carbonyl (C=O) groups is 1. The summed E-state index contributed by atoms with van der Waals surface area (Å²) in [5, 5.41) is 0. The van der Waals surface area contributed by atoms with Gasteiger partial charge in [0.1, 0.15) is 5.75 Å². The molecule has 1 heterocycles. The van der Waals surface area contributed by atoms with E-state index in [4.69, 9.17) is 4.74 Å². The van der Waals surface area contributed by atoms with Gasteiger partial charge in [0.2, 0.25) is 0 Å². The van der Waals surface area contributed by atoms with Crippen LogP contribution in [0.25, 0.3) is 0 Å². The summed E-state index contributed by atoms with van der Waals surface area (Å²) in [6.07, 6.45) is 5.02. The standard InChI is InChI=1S/C17H25NO2/c1-3-14-5-4-11-18(12-10-14)13-17(19)15-6-8-16(20-2)9-7-15/h6-9,14H,3-5,10-13H2,1-2H3. The average molecular weight is 275 g/mol. The zero-order valence-electron chi connectivity index (χ0n) is 12.6. The van der Waals surface area contributed by atoms with Crippen molar-refractivity contribution >= 4 is 5.78 Å². The van der Waals surface area contributed by atoms with Crippen molar-refractivity contribution in [1.82, 2.24) is 4.90 Å². The van der Waals surface area contributed by atoms with Gasteiger partial charge < -0.3 is 4.74 Å². The molecular weight excluding hydrogens is 250 g/mol. The molecule has 0 radical (unpaired) electrons. The summed E-state index contributed by atoms with van der Waals surface area (Å²) in [6.45, 7) is 4.92. The summed E-state index contributed by atoms with van der Waals surface area (Å²) < 4.78 is 5.12. The topological polar surface area (TPSA) is 29.5 Å². The lowest BCUT2D eigenvalue weighted by Crippen LogP contribution is -2.31. The molecule has 0 N–H and O–H groups in total. The van der Waals surface area contributed by atoms with E-state index in [1.807, 2.05) is 24.3 Å². The Labute approximate surface area is 121 Å². The molecular formula is C17H25NO2. The molecule has 1 unspecified atom stereocenters. The smallest absolute Gasteiger partial charge is 0.176 e. The van der Waals surface area contributed by atoms with E-state index < -0.39 is 0 Å². The largest absolute Gasteiger partial charge is 0.497 e. The Kier molecular flexibility index (Phi) is 5.60. The maximum absolute atomic E-state index is 12.3. The highest BCUT2D eigenvalue weighted by Crippen LogP contribution is 2.20. The van der Waals surface area contributed by atoms with E-state index in [1.165, 1.54) is 25.7 Å². The highest BCUT2D eigenvalue weighted by Gasteiger charge is 2.18. The quantitative estimate of drug-likeness (QED) is 0.771. The van der Waals surface area contributed by atoms with Crippen LogP contribution < -0.4 is 4.74 Å². The number of Topliss-reactive ketones (excluding diaryl/α,β-unsaturated/α-hetero) is 1. The van der Waals surface area contributed by atoms with Crippen molar-refractivity contribution in [2.45, 2.75) is 32.6 Å². The lowest BCUT2D eigenvalue weighted by molar-refractivity contribution is 0.0932. The summed E-state index contributed by atoms with van der Waals surface area (Å²) in [6, 6.07) is 7.41. The second-order valence-electron chi connectivity index (χ2n) is 5.63. The van der Waals surface area contributed by atoms with Crippen molar-refractivity contribution in [3.63, 3.8) is 0 Å². The Bertz CT molecular complexity index is 427. The lowest BCUT2D eigenvalue weighted by Gasteiger charge is -2.19. The molecule has 1 fully saturated rings. The number of carbonyl (C=O) groups excluding carboxylic acids is 1. The zero-order chi connectivity index (χ0) is 14.4. The normalized spacial score (nSPS) is 20.4. The average Bonchev–Trinajstić information content (AvgIpc) is 2.72. The first-order valence-electron chi connectivity index (χ1n) is 7.62. The second kappa shape index (κ2) is 7.44. The number of hydrogen-bond acceptors (Lipinski definition) is 3. The lowest BCUT2D eigenvalue weighted by atomic mass is 9.98. The number of benzene rings is 1. The Balaban J connectivity index is 1.90. The van der Waals surface area contributed by atoms with Gasteiger partial charge in [-0.1, -0.05) is 13.3 Å². The van der Waals surface area contributed by atoms with Crippen LogP contribution in [0.3, 0.4) is 0 Å². The van der Waals surface area contributed by atoms with Crippen molar-refractivity contribution in [2.75, 3.05) is 26.7 Å². The number of rotatable bonds is 5. The summed E-state index contributed by atoms with van der Waals surface area (Å²) in [4.78, 5) is 14.6. The Hall–Kier alpha value is -1.35. The van der Waals surface area contributed by atoms with E-state index in [9.17, 15) is 4.79 Å². The number of hydrogen-bond donors (Lipinski definition) is 0. The summed E-state index contributed by atoms with van der Waals surface area (Å²) in [5.41, 5.74) is 0.780. The van der Waals surface area contributed by atoms with Gasteiger partial charge in [-0.3, -0.25) is 9.69 Å². The Morgan fingerprint density at radius 3 is 2.65 bits per heavy atom. The fourth-order valence-corrected chi connectivity index (χ4v) is 2.86. The van der Waals surface area contributed by atoms with Gasteiger partial charge in [-0.15, -0.1) is 0 Å². The summed E-state index contributed by atoms with van der Waals surface area (Å²) in [5.74, 6) is 1.85. The third kappa shape index (κ3) is 4.07. The van der Waals surface area contributed by atoms with Crippen LogP contribution in [0.15, 0.2) is 24.3 Å². The van der Waals surface area contributed by atoms with E-state index in [2.05, 4.69) is 11.8 Å². The Morgan fingerprint density at radius 2 is 2.00 bits per heavy atom. The first-order chi connectivity index (χ1) is 9.72. The van der Waals surface area contributed by atoms with Crippen LogP contribution in [0.5, 0.6) is 5.75 Å². The van der Waals surface area contributed by atoms with Crippen LogP contribution in [0.2, 0.25) is 0 Å². The number of methoxy groups -OCH3 is 1. The molecule has 0 saturated carbocycles. The van der Waals surface area contributed by atoms with E-state index in [-0.39, 0.29) is 5.78 Å². The van der Waals surface area contributed by atoms with Crippen LogP contribution in [-0.2, 0) is 0 Å². The maximum atomic E-state index is 12.3. The van der Waals surface area contributed by atoms with E-state index >= 15 is 0 Å². The molecule has 1 saturated heterocycles.